The second-order valence-electron chi connectivity index (χ2n) is 6.35. The number of carbonyl (C=O) groups excluding carboxylic acids is 1. The molecule has 20 heavy (non-hydrogen) atoms. The summed E-state index contributed by atoms with van der Waals surface area (Å²) in [6.07, 6.45) is 1.63. The average molecular weight is 280 g/mol. The van der Waals surface area contributed by atoms with Crippen LogP contribution < -0.4 is 0 Å². The van der Waals surface area contributed by atoms with E-state index < -0.39 is 18.2 Å². The Labute approximate surface area is 120 Å². The molecule has 5 atom stereocenters. The van der Waals surface area contributed by atoms with Crippen LogP contribution in [0.25, 0.3) is 0 Å². The summed E-state index contributed by atoms with van der Waals surface area (Å²) in [4.78, 5) is 11.6. The van der Waals surface area contributed by atoms with Crippen LogP contribution in [-0.2, 0) is 9.53 Å². The summed E-state index contributed by atoms with van der Waals surface area (Å²) in [5.74, 6) is -0.978. The molecule has 0 heterocycles. The second kappa shape index (κ2) is 5.34. The largest absolute Gasteiger partial charge is 0.466 e. The molecule has 0 radical (unpaired) electrons. The minimum Gasteiger partial charge on any atom is -0.466 e. The van der Waals surface area contributed by atoms with Crippen LogP contribution in [0, 0.1) is 17.3 Å². The highest BCUT2D eigenvalue weighted by Crippen LogP contribution is 2.54. The topological polar surface area (TPSA) is 66.8 Å². The first-order chi connectivity index (χ1) is 9.32. The first-order valence-electron chi connectivity index (χ1n) is 7.13. The number of hydrogen-bond acceptors (Lipinski definition) is 4. The highest BCUT2D eigenvalue weighted by Gasteiger charge is 2.53. The molecular weight excluding hydrogens is 256 g/mol. The summed E-state index contributed by atoms with van der Waals surface area (Å²) < 4.78 is 4.70. The third-order valence-corrected chi connectivity index (χ3v) is 5.29. The number of carbonyl (C=O) groups is 1. The molecule has 0 saturated heterocycles. The molecule has 0 aliphatic heterocycles. The van der Waals surface area contributed by atoms with Gasteiger partial charge in [-0.05, 0) is 25.7 Å². The monoisotopic (exact) mass is 280 g/mol. The maximum absolute atomic E-state index is 11.6. The predicted octanol–water partition coefficient (Wildman–Crippen LogP) is 1.82. The molecule has 2 N–H and O–H groups in total. The Morgan fingerprint density at radius 2 is 2.05 bits per heavy atom. The van der Waals surface area contributed by atoms with Crippen molar-refractivity contribution in [2.45, 2.75) is 44.8 Å². The molecule has 0 aromatic carbocycles. The number of hydrogen-bond donors (Lipinski definition) is 2. The molecule has 4 heteroatoms. The van der Waals surface area contributed by atoms with E-state index in [1.807, 2.05) is 6.92 Å². The normalized spacial score (nSPS) is 40.9. The van der Waals surface area contributed by atoms with Gasteiger partial charge >= 0.3 is 5.97 Å². The van der Waals surface area contributed by atoms with Crippen LogP contribution >= 0.6 is 0 Å². The Balaban J connectivity index is 2.27. The molecule has 0 bridgehead atoms. The molecule has 2 aliphatic carbocycles. The third-order valence-electron chi connectivity index (χ3n) is 5.29. The molecule has 0 spiro atoms. The van der Waals surface area contributed by atoms with E-state index in [-0.39, 0.29) is 17.3 Å². The van der Waals surface area contributed by atoms with Crippen LogP contribution in [0.15, 0.2) is 24.3 Å². The lowest BCUT2D eigenvalue weighted by Crippen LogP contribution is -2.54. The van der Waals surface area contributed by atoms with Gasteiger partial charge in [-0.2, -0.15) is 0 Å². The maximum Gasteiger partial charge on any atom is 0.333 e. The van der Waals surface area contributed by atoms with E-state index in [1.54, 1.807) is 0 Å². The van der Waals surface area contributed by atoms with E-state index in [4.69, 9.17) is 4.74 Å². The number of aliphatic hydroxyl groups excluding tert-OH is 2. The lowest BCUT2D eigenvalue weighted by Gasteiger charge is -2.53. The van der Waals surface area contributed by atoms with Crippen molar-refractivity contribution in [2.75, 3.05) is 7.11 Å². The van der Waals surface area contributed by atoms with Crippen LogP contribution in [0.1, 0.15) is 32.6 Å². The molecule has 0 amide bonds. The van der Waals surface area contributed by atoms with Crippen molar-refractivity contribution < 1.29 is 19.7 Å². The smallest absolute Gasteiger partial charge is 0.333 e. The predicted molar refractivity (Wildman–Crippen MR) is 75.9 cm³/mol. The van der Waals surface area contributed by atoms with E-state index >= 15 is 0 Å². The molecule has 4 nitrogen and oxygen atoms in total. The van der Waals surface area contributed by atoms with Gasteiger partial charge in [-0.1, -0.05) is 25.7 Å². The highest BCUT2D eigenvalue weighted by atomic mass is 16.5. The number of methoxy groups -OCH3 is 1. The van der Waals surface area contributed by atoms with Crippen LogP contribution in [-0.4, -0.2) is 35.5 Å². The van der Waals surface area contributed by atoms with Gasteiger partial charge in [-0.25, -0.2) is 4.79 Å². The Bertz CT molecular complexity index is 442. The average Bonchev–Trinajstić information content (AvgIpc) is 2.42. The number of esters is 1. The number of rotatable bonds is 2. The first kappa shape index (κ1) is 15.3. The SMILES string of the molecule is C=C(C(=O)OC)[C@@H]1CC[C@]2(C)[C@@H](O)CCC(=C)[C@H]2[C@H]1O. The summed E-state index contributed by atoms with van der Waals surface area (Å²) in [5, 5.41) is 21.0. The van der Waals surface area contributed by atoms with Crippen molar-refractivity contribution >= 4 is 5.97 Å². The Hall–Kier alpha value is -1.13. The Morgan fingerprint density at radius 3 is 2.65 bits per heavy atom. The molecule has 112 valence electrons. The van der Waals surface area contributed by atoms with Crippen molar-refractivity contribution in [2.24, 2.45) is 17.3 Å². The maximum atomic E-state index is 11.6. The van der Waals surface area contributed by atoms with Gasteiger partial charge < -0.3 is 14.9 Å². The van der Waals surface area contributed by atoms with E-state index in [9.17, 15) is 15.0 Å². The van der Waals surface area contributed by atoms with Crippen LogP contribution in [0.5, 0.6) is 0 Å². The summed E-state index contributed by atoms with van der Waals surface area (Å²) in [6.45, 7) is 9.85. The lowest BCUT2D eigenvalue weighted by molar-refractivity contribution is -0.140. The quantitative estimate of drug-likeness (QED) is 0.460. The fourth-order valence-corrected chi connectivity index (χ4v) is 3.97. The highest BCUT2D eigenvalue weighted by molar-refractivity contribution is 5.88. The molecular formula is C16H24O4. The zero-order chi connectivity index (χ0) is 15.1. The lowest BCUT2D eigenvalue weighted by atomic mass is 9.54. The van der Waals surface area contributed by atoms with Gasteiger partial charge in [0.2, 0.25) is 0 Å². The van der Waals surface area contributed by atoms with Gasteiger partial charge in [0.15, 0.2) is 0 Å². The third kappa shape index (κ3) is 2.21. The molecule has 0 aromatic heterocycles. The van der Waals surface area contributed by atoms with E-state index in [1.165, 1.54) is 7.11 Å². The van der Waals surface area contributed by atoms with Gasteiger partial charge in [-0.3, -0.25) is 0 Å². The molecule has 0 aromatic rings. The van der Waals surface area contributed by atoms with Crippen molar-refractivity contribution in [1.82, 2.24) is 0 Å². The second-order valence-corrected chi connectivity index (χ2v) is 6.35. The first-order valence-corrected chi connectivity index (χ1v) is 7.13. The van der Waals surface area contributed by atoms with E-state index in [2.05, 4.69) is 13.2 Å². The van der Waals surface area contributed by atoms with Gasteiger partial charge in [0.25, 0.3) is 0 Å². The fourth-order valence-electron chi connectivity index (χ4n) is 3.97. The van der Waals surface area contributed by atoms with Gasteiger partial charge in [0, 0.05) is 22.8 Å². The zero-order valence-electron chi connectivity index (χ0n) is 12.3. The van der Waals surface area contributed by atoms with Gasteiger partial charge in [0.05, 0.1) is 19.3 Å². The Kier molecular flexibility index (Phi) is 4.07. The number of fused-ring (bicyclic) bond motifs is 1. The Morgan fingerprint density at radius 1 is 1.40 bits per heavy atom. The van der Waals surface area contributed by atoms with Crippen molar-refractivity contribution in [3.63, 3.8) is 0 Å². The van der Waals surface area contributed by atoms with E-state index in [0.717, 1.165) is 18.4 Å². The summed E-state index contributed by atoms with van der Waals surface area (Å²) in [6, 6.07) is 0. The fraction of sp³-hybridized carbons (Fsp3) is 0.688. The molecule has 2 fully saturated rings. The summed E-state index contributed by atoms with van der Waals surface area (Å²) in [5.41, 5.74) is 0.921. The van der Waals surface area contributed by atoms with Crippen molar-refractivity contribution in [3.8, 4) is 0 Å². The molecule has 0 unspecified atom stereocenters. The number of ether oxygens (including phenoxy) is 1. The zero-order valence-corrected chi connectivity index (χ0v) is 12.3. The van der Waals surface area contributed by atoms with Crippen LogP contribution in [0.4, 0.5) is 0 Å². The summed E-state index contributed by atoms with van der Waals surface area (Å²) >= 11 is 0. The minimum atomic E-state index is -0.734. The molecule has 2 saturated carbocycles. The standard InChI is InChI=1S/C16H24O4/c1-9-5-6-12(17)16(3)8-7-11(14(18)13(9)16)10(2)15(19)20-4/h11-14,17-18H,1-2,5-8H2,3-4H3/t11-,12-,13-,14-,16+/m0/s1. The van der Waals surface area contributed by atoms with Crippen LogP contribution in [0.2, 0.25) is 0 Å². The molecule has 2 rings (SSSR count). The number of aliphatic hydroxyl groups is 2. The summed E-state index contributed by atoms with van der Waals surface area (Å²) in [7, 11) is 1.32. The molecule has 2 aliphatic rings. The van der Waals surface area contributed by atoms with Gasteiger partial charge in [0.1, 0.15) is 0 Å². The van der Waals surface area contributed by atoms with Crippen molar-refractivity contribution in [3.05, 3.63) is 24.3 Å². The van der Waals surface area contributed by atoms with Crippen LogP contribution in [0.3, 0.4) is 0 Å². The van der Waals surface area contributed by atoms with E-state index in [0.29, 0.717) is 18.4 Å². The van der Waals surface area contributed by atoms with Crippen molar-refractivity contribution in [1.29, 1.82) is 0 Å². The van der Waals surface area contributed by atoms with Gasteiger partial charge in [-0.15, -0.1) is 0 Å². The minimum absolute atomic E-state index is 0.189.